The van der Waals surface area contributed by atoms with Gasteiger partial charge in [0, 0.05) is 18.7 Å². The summed E-state index contributed by atoms with van der Waals surface area (Å²) < 4.78 is 5.76. The van der Waals surface area contributed by atoms with Gasteiger partial charge in [0.15, 0.2) is 0 Å². The van der Waals surface area contributed by atoms with E-state index >= 15 is 0 Å². The molecular weight excluding hydrogens is 292 g/mol. The smallest absolute Gasteiger partial charge is 0.227 e. The lowest BCUT2D eigenvalue weighted by molar-refractivity contribution is -0.123. The number of primary amides is 1. The maximum absolute atomic E-state index is 12.0. The Morgan fingerprint density at radius 3 is 2.17 bits per heavy atom. The van der Waals surface area contributed by atoms with E-state index in [1.807, 2.05) is 43.3 Å². The Labute approximate surface area is 134 Å². The number of hydrogen-bond acceptors (Lipinski definition) is 3. The number of rotatable bonds is 4. The van der Waals surface area contributed by atoms with Crippen LogP contribution in [-0.2, 0) is 9.59 Å². The first-order chi connectivity index (χ1) is 11.0. The van der Waals surface area contributed by atoms with E-state index in [0.29, 0.717) is 12.3 Å². The van der Waals surface area contributed by atoms with Crippen LogP contribution in [0.3, 0.4) is 0 Å². The number of carbonyl (C=O) groups excluding carboxylic acids is 2. The molecule has 1 unspecified atom stereocenters. The molecule has 0 saturated carbocycles. The molecule has 5 heteroatoms. The number of amides is 2. The fraction of sp³-hybridized carbons (Fsp3) is 0.222. The quantitative estimate of drug-likeness (QED) is 0.943. The maximum Gasteiger partial charge on any atom is 0.227 e. The second-order valence-electron chi connectivity index (χ2n) is 5.72. The van der Waals surface area contributed by atoms with Crippen molar-refractivity contribution in [2.45, 2.75) is 13.3 Å². The second kappa shape index (κ2) is 6.12. The minimum absolute atomic E-state index is 0.0824. The number of nitrogens with two attached hydrogens (primary N) is 1. The summed E-state index contributed by atoms with van der Waals surface area (Å²) in [5.41, 5.74) is 7.20. The lowest BCUT2D eigenvalue weighted by atomic mass is 10.1. The summed E-state index contributed by atoms with van der Waals surface area (Å²) in [5, 5.41) is 0. The summed E-state index contributed by atoms with van der Waals surface area (Å²) in [6.07, 6.45) is 0.178. The van der Waals surface area contributed by atoms with Gasteiger partial charge in [-0.2, -0.15) is 0 Å². The number of anilines is 1. The SMILES string of the molecule is Cc1ccc(Oc2ccc(N3CC(C(N)=O)CC3=O)cc2)cc1. The molecule has 3 rings (SSSR count). The van der Waals surface area contributed by atoms with Crippen molar-refractivity contribution in [1.29, 1.82) is 0 Å². The molecule has 1 saturated heterocycles. The van der Waals surface area contributed by atoms with Crippen LogP contribution < -0.4 is 15.4 Å². The van der Waals surface area contributed by atoms with Gasteiger partial charge in [0.2, 0.25) is 11.8 Å². The van der Waals surface area contributed by atoms with Crippen molar-refractivity contribution >= 4 is 17.5 Å². The summed E-state index contributed by atoms with van der Waals surface area (Å²) >= 11 is 0. The van der Waals surface area contributed by atoms with Crippen LogP contribution in [0.2, 0.25) is 0 Å². The molecule has 2 N–H and O–H groups in total. The molecular formula is C18H18N2O3. The summed E-state index contributed by atoms with van der Waals surface area (Å²) in [7, 11) is 0. The van der Waals surface area contributed by atoms with Gasteiger partial charge in [0.1, 0.15) is 11.5 Å². The van der Waals surface area contributed by atoms with E-state index < -0.39 is 11.8 Å². The van der Waals surface area contributed by atoms with E-state index in [4.69, 9.17) is 10.5 Å². The first kappa shape index (κ1) is 15.1. The molecule has 1 heterocycles. The molecule has 0 aromatic heterocycles. The zero-order valence-electron chi connectivity index (χ0n) is 12.9. The van der Waals surface area contributed by atoms with Gasteiger partial charge in [0.05, 0.1) is 5.92 Å². The van der Waals surface area contributed by atoms with Crippen LogP contribution in [0.5, 0.6) is 11.5 Å². The van der Waals surface area contributed by atoms with Crippen molar-refractivity contribution < 1.29 is 14.3 Å². The van der Waals surface area contributed by atoms with E-state index in [-0.39, 0.29) is 12.3 Å². The van der Waals surface area contributed by atoms with Gasteiger partial charge in [-0.1, -0.05) is 17.7 Å². The number of aryl methyl sites for hydroxylation is 1. The molecule has 2 aromatic carbocycles. The van der Waals surface area contributed by atoms with Gasteiger partial charge < -0.3 is 15.4 Å². The Hall–Kier alpha value is -2.82. The molecule has 23 heavy (non-hydrogen) atoms. The van der Waals surface area contributed by atoms with Crippen molar-refractivity contribution in [3.8, 4) is 11.5 Å². The first-order valence-electron chi connectivity index (χ1n) is 7.47. The summed E-state index contributed by atoms with van der Waals surface area (Å²) in [4.78, 5) is 24.8. The number of carbonyl (C=O) groups is 2. The fourth-order valence-electron chi connectivity index (χ4n) is 2.58. The summed E-state index contributed by atoms with van der Waals surface area (Å²) in [6, 6.07) is 15.0. The highest BCUT2D eigenvalue weighted by Crippen LogP contribution is 2.28. The van der Waals surface area contributed by atoms with Gasteiger partial charge in [-0.15, -0.1) is 0 Å². The predicted octanol–water partition coefficient (Wildman–Crippen LogP) is 2.63. The molecule has 0 bridgehead atoms. The Kier molecular flexibility index (Phi) is 4.02. The largest absolute Gasteiger partial charge is 0.457 e. The number of ether oxygens (including phenoxy) is 1. The molecule has 0 spiro atoms. The minimum atomic E-state index is -0.430. The molecule has 2 amide bonds. The van der Waals surface area contributed by atoms with E-state index in [9.17, 15) is 9.59 Å². The maximum atomic E-state index is 12.0. The van der Waals surface area contributed by atoms with E-state index in [1.165, 1.54) is 5.56 Å². The standard InChI is InChI=1S/C18H18N2O3/c1-12-2-6-15(7-3-12)23-16-8-4-14(5-9-16)20-11-13(18(19)22)10-17(20)21/h2-9,13H,10-11H2,1H3,(H2,19,22). The summed E-state index contributed by atoms with van der Waals surface area (Å²) in [5.74, 6) is 0.525. The van der Waals surface area contributed by atoms with Crippen LogP contribution in [0.4, 0.5) is 5.69 Å². The zero-order valence-corrected chi connectivity index (χ0v) is 12.9. The fourth-order valence-corrected chi connectivity index (χ4v) is 2.58. The van der Waals surface area contributed by atoms with Gasteiger partial charge in [-0.25, -0.2) is 0 Å². The minimum Gasteiger partial charge on any atom is -0.457 e. The van der Waals surface area contributed by atoms with Gasteiger partial charge >= 0.3 is 0 Å². The second-order valence-corrected chi connectivity index (χ2v) is 5.72. The predicted molar refractivity (Wildman–Crippen MR) is 87.3 cm³/mol. The van der Waals surface area contributed by atoms with Crippen LogP contribution in [0.15, 0.2) is 48.5 Å². The molecule has 1 atom stereocenters. The first-order valence-corrected chi connectivity index (χ1v) is 7.47. The Morgan fingerprint density at radius 1 is 1.09 bits per heavy atom. The lowest BCUT2D eigenvalue weighted by Gasteiger charge is -2.16. The van der Waals surface area contributed by atoms with Gasteiger partial charge in [0.25, 0.3) is 0 Å². The molecule has 2 aromatic rings. The van der Waals surface area contributed by atoms with Crippen molar-refractivity contribution in [2.24, 2.45) is 11.7 Å². The highest BCUT2D eigenvalue weighted by molar-refractivity contribution is 6.00. The number of hydrogen-bond donors (Lipinski definition) is 1. The number of benzene rings is 2. The van der Waals surface area contributed by atoms with E-state index in [1.54, 1.807) is 17.0 Å². The topological polar surface area (TPSA) is 72.6 Å². The molecule has 0 aliphatic carbocycles. The van der Waals surface area contributed by atoms with Gasteiger partial charge in [-0.3, -0.25) is 9.59 Å². The third-order valence-corrected chi connectivity index (χ3v) is 3.93. The van der Waals surface area contributed by atoms with Crippen molar-refractivity contribution in [3.05, 3.63) is 54.1 Å². The van der Waals surface area contributed by atoms with E-state index in [2.05, 4.69) is 0 Å². The van der Waals surface area contributed by atoms with Crippen molar-refractivity contribution in [2.75, 3.05) is 11.4 Å². The van der Waals surface area contributed by atoms with Gasteiger partial charge in [-0.05, 0) is 43.3 Å². The zero-order chi connectivity index (χ0) is 16.4. The van der Waals surface area contributed by atoms with Crippen LogP contribution in [0.1, 0.15) is 12.0 Å². The molecule has 1 aliphatic heterocycles. The average Bonchev–Trinajstić information content (AvgIpc) is 2.93. The van der Waals surface area contributed by atoms with Crippen LogP contribution in [0, 0.1) is 12.8 Å². The number of nitrogens with zero attached hydrogens (tertiary/aromatic N) is 1. The Bertz CT molecular complexity index is 723. The molecule has 5 nitrogen and oxygen atoms in total. The third-order valence-electron chi connectivity index (χ3n) is 3.93. The molecule has 118 valence electrons. The van der Waals surface area contributed by atoms with E-state index in [0.717, 1.165) is 11.4 Å². The van der Waals surface area contributed by atoms with Crippen LogP contribution in [-0.4, -0.2) is 18.4 Å². The molecule has 1 fully saturated rings. The average molecular weight is 310 g/mol. The van der Waals surface area contributed by atoms with Crippen molar-refractivity contribution in [1.82, 2.24) is 0 Å². The Morgan fingerprint density at radius 2 is 1.65 bits per heavy atom. The normalized spacial score (nSPS) is 17.3. The highest BCUT2D eigenvalue weighted by atomic mass is 16.5. The van der Waals surface area contributed by atoms with Crippen LogP contribution >= 0.6 is 0 Å². The highest BCUT2D eigenvalue weighted by Gasteiger charge is 2.33. The Balaban J connectivity index is 1.71. The van der Waals surface area contributed by atoms with Crippen LogP contribution in [0.25, 0.3) is 0 Å². The third kappa shape index (κ3) is 3.34. The van der Waals surface area contributed by atoms with Crippen molar-refractivity contribution in [3.63, 3.8) is 0 Å². The molecule has 1 aliphatic rings. The summed E-state index contributed by atoms with van der Waals surface area (Å²) in [6.45, 7) is 2.36. The molecule has 0 radical (unpaired) electrons. The monoisotopic (exact) mass is 310 g/mol. The lowest BCUT2D eigenvalue weighted by Crippen LogP contribution is -2.28.